The molecule has 1 heterocycles. The number of carbonyl (C=O) groups is 2. The Hall–Kier alpha value is -2.24. The molecule has 1 aliphatic rings. The normalized spacial score (nSPS) is 17.7. The largest absolute Gasteiger partial charge is 0.494 e. The van der Waals surface area contributed by atoms with E-state index in [1.807, 2.05) is 45.0 Å². The van der Waals surface area contributed by atoms with Crippen LogP contribution in [0.2, 0.25) is 0 Å². The summed E-state index contributed by atoms with van der Waals surface area (Å²) in [5, 5.41) is 5.60. The number of nitrogens with zero attached hydrogens (tertiary/aromatic N) is 1. The van der Waals surface area contributed by atoms with E-state index in [0.717, 1.165) is 11.4 Å². The van der Waals surface area contributed by atoms with Crippen LogP contribution in [-0.2, 0) is 4.79 Å². The van der Waals surface area contributed by atoms with Gasteiger partial charge in [0.25, 0.3) is 0 Å². The Morgan fingerprint density at radius 2 is 2.05 bits per heavy atom. The topological polar surface area (TPSA) is 70.7 Å². The van der Waals surface area contributed by atoms with Crippen molar-refractivity contribution in [3.05, 3.63) is 24.3 Å². The van der Waals surface area contributed by atoms with Crippen LogP contribution in [0.4, 0.5) is 10.5 Å². The lowest BCUT2D eigenvalue weighted by Crippen LogP contribution is -2.45. The quantitative estimate of drug-likeness (QED) is 0.873. The molecule has 22 heavy (non-hydrogen) atoms. The van der Waals surface area contributed by atoms with E-state index in [2.05, 4.69) is 10.6 Å². The second-order valence-electron chi connectivity index (χ2n) is 5.60. The molecule has 2 rings (SSSR count). The first-order valence-electron chi connectivity index (χ1n) is 7.60. The van der Waals surface area contributed by atoms with Crippen molar-refractivity contribution in [2.24, 2.45) is 0 Å². The van der Waals surface area contributed by atoms with Crippen LogP contribution in [0.15, 0.2) is 24.3 Å². The van der Waals surface area contributed by atoms with Gasteiger partial charge in [-0.05, 0) is 45.0 Å². The minimum Gasteiger partial charge on any atom is -0.494 e. The molecular weight excluding hydrogens is 282 g/mol. The van der Waals surface area contributed by atoms with Gasteiger partial charge in [0.2, 0.25) is 5.91 Å². The van der Waals surface area contributed by atoms with Gasteiger partial charge in [0.1, 0.15) is 5.75 Å². The number of hydrogen-bond acceptors (Lipinski definition) is 3. The molecule has 1 aromatic rings. The minimum absolute atomic E-state index is 0.0130. The molecule has 1 saturated heterocycles. The van der Waals surface area contributed by atoms with Crippen LogP contribution in [0.3, 0.4) is 0 Å². The lowest BCUT2D eigenvalue weighted by Gasteiger charge is -2.18. The summed E-state index contributed by atoms with van der Waals surface area (Å²) in [5.41, 5.74) is 0.821. The lowest BCUT2D eigenvalue weighted by molar-refractivity contribution is -0.117. The van der Waals surface area contributed by atoms with Crippen molar-refractivity contribution in [1.82, 2.24) is 10.6 Å². The predicted octanol–water partition coefficient (Wildman–Crippen LogP) is 1.90. The highest BCUT2D eigenvalue weighted by Crippen LogP contribution is 2.24. The van der Waals surface area contributed by atoms with E-state index in [1.165, 1.54) is 0 Å². The van der Waals surface area contributed by atoms with Crippen molar-refractivity contribution in [2.75, 3.05) is 18.1 Å². The Morgan fingerprint density at radius 3 is 2.64 bits per heavy atom. The smallest absolute Gasteiger partial charge is 0.315 e. The number of nitrogens with one attached hydrogen (secondary N) is 2. The maximum absolute atomic E-state index is 12.1. The molecule has 6 nitrogen and oxygen atoms in total. The standard InChI is InChI=1S/C16H23N3O3/c1-4-22-14-7-5-13(6-8-14)19-10-12(9-15(19)20)18-16(21)17-11(2)3/h5-8,11-12H,4,9-10H2,1-3H3,(H2,17,18,21). The predicted molar refractivity (Wildman–Crippen MR) is 85.2 cm³/mol. The fourth-order valence-corrected chi connectivity index (χ4v) is 2.43. The SMILES string of the molecule is CCOc1ccc(N2CC(NC(=O)NC(C)C)CC2=O)cc1. The van der Waals surface area contributed by atoms with E-state index in [9.17, 15) is 9.59 Å². The summed E-state index contributed by atoms with van der Waals surface area (Å²) in [6.45, 7) is 6.81. The minimum atomic E-state index is -0.235. The first kappa shape index (κ1) is 16.1. The number of urea groups is 1. The lowest BCUT2D eigenvalue weighted by atomic mass is 10.2. The summed E-state index contributed by atoms with van der Waals surface area (Å²) in [6, 6.07) is 7.08. The zero-order valence-electron chi connectivity index (χ0n) is 13.3. The molecule has 1 atom stereocenters. The van der Waals surface area contributed by atoms with Gasteiger partial charge in [0.15, 0.2) is 0 Å². The van der Waals surface area contributed by atoms with Gasteiger partial charge in [-0.2, -0.15) is 0 Å². The zero-order valence-corrected chi connectivity index (χ0v) is 13.3. The summed E-state index contributed by atoms with van der Waals surface area (Å²) >= 11 is 0. The van der Waals surface area contributed by atoms with Crippen LogP contribution >= 0.6 is 0 Å². The van der Waals surface area contributed by atoms with Gasteiger partial charge in [-0.15, -0.1) is 0 Å². The van der Waals surface area contributed by atoms with Crippen LogP contribution in [0.5, 0.6) is 5.75 Å². The fraction of sp³-hybridized carbons (Fsp3) is 0.500. The summed E-state index contributed by atoms with van der Waals surface area (Å²) in [7, 11) is 0. The average molecular weight is 305 g/mol. The first-order chi connectivity index (χ1) is 10.5. The molecule has 0 radical (unpaired) electrons. The monoisotopic (exact) mass is 305 g/mol. The van der Waals surface area contributed by atoms with Crippen LogP contribution in [0.25, 0.3) is 0 Å². The Morgan fingerprint density at radius 1 is 1.36 bits per heavy atom. The molecule has 0 spiro atoms. The molecule has 0 bridgehead atoms. The number of carbonyl (C=O) groups excluding carboxylic acids is 2. The van der Waals surface area contributed by atoms with Crippen LogP contribution in [0.1, 0.15) is 27.2 Å². The molecule has 3 amide bonds. The van der Waals surface area contributed by atoms with Gasteiger partial charge in [-0.3, -0.25) is 4.79 Å². The number of amides is 3. The summed E-state index contributed by atoms with van der Waals surface area (Å²) < 4.78 is 5.39. The molecule has 0 aliphatic carbocycles. The van der Waals surface area contributed by atoms with Gasteiger partial charge in [-0.1, -0.05) is 0 Å². The number of ether oxygens (including phenoxy) is 1. The van der Waals surface area contributed by atoms with E-state index in [4.69, 9.17) is 4.74 Å². The van der Waals surface area contributed by atoms with Gasteiger partial charge >= 0.3 is 6.03 Å². The molecule has 1 unspecified atom stereocenters. The maximum Gasteiger partial charge on any atom is 0.315 e. The van der Waals surface area contributed by atoms with Gasteiger partial charge in [-0.25, -0.2) is 4.79 Å². The van der Waals surface area contributed by atoms with Crippen molar-refractivity contribution in [2.45, 2.75) is 39.3 Å². The van der Waals surface area contributed by atoms with E-state index in [0.29, 0.717) is 19.6 Å². The second kappa shape index (κ2) is 7.15. The van der Waals surface area contributed by atoms with Crippen LogP contribution in [-0.4, -0.2) is 37.2 Å². The van der Waals surface area contributed by atoms with E-state index in [-0.39, 0.29) is 24.0 Å². The molecule has 1 aliphatic heterocycles. The van der Waals surface area contributed by atoms with E-state index >= 15 is 0 Å². The molecule has 6 heteroatoms. The van der Waals surface area contributed by atoms with Crippen LogP contribution < -0.4 is 20.3 Å². The summed E-state index contributed by atoms with van der Waals surface area (Å²) in [4.78, 5) is 25.5. The Kier molecular flexibility index (Phi) is 5.25. The summed E-state index contributed by atoms with van der Waals surface area (Å²) in [6.07, 6.45) is 0.318. The summed E-state index contributed by atoms with van der Waals surface area (Å²) in [5.74, 6) is 0.794. The van der Waals surface area contributed by atoms with E-state index in [1.54, 1.807) is 4.90 Å². The van der Waals surface area contributed by atoms with Crippen molar-refractivity contribution in [1.29, 1.82) is 0 Å². The molecular formula is C16H23N3O3. The Balaban J connectivity index is 1.95. The number of anilines is 1. The molecule has 0 aromatic heterocycles. The van der Waals surface area contributed by atoms with Crippen LogP contribution in [0, 0.1) is 0 Å². The van der Waals surface area contributed by atoms with Gasteiger partial charge < -0.3 is 20.3 Å². The number of benzene rings is 1. The third kappa shape index (κ3) is 4.13. The number of hydrogen-bond donors (Lipinski definition) is 2. The Bertz CT molecular complexity index is 528. The average Bonchev–Trinajstić information content (AvgIpc) is 2.79. The van der Waals surface area contributed by atoms with Crippen molar-refractivity contribution >= 4 is 17.6 Å². The fourth-order valence-electron chi connectivity index (χ4n) is 2.43. The van der Waals surface area contributed by atoms with Gasteiger partial charge in [0.05, 0.1) is 12.6 Å². The number of rotatable bonds is 5. The Labute approximate surface area is 130 Å². The first-order valence-corrected chi connectivity index (χ1v) is 7.60. The van der Waals surface area contributed by atoms with Crippen molar-refractivity contribution < 1.29 is 14.3 Å². The molecule has 1 aromatic carbocycles. The van der Waals surface area contributed by atoms with Crippen molar-refractivity contribution in [3.63, 3.8) is 0 Å². The van der Waals surface area contributed by atoms with Gasteiger partial charge in [0, 0.05) is 24.7 Å². The molecule has 0 saturated carbocycles. The maximum atomic E-state index is 12.1. The zero-order chi connectivity index (χ0) is 16.1. The highest BCUT2D eigenvalue weighted by molar-refractivity contribution is 5.96. The third-order valence-corrected chi connectivity index (χ3v) is 3.34. The van der Waals surface area contributed by atoms with Crippen molar-refractivity contribution in [3.8, 4) is 5.75 Å². The highest BCUT2D eigenvalue weighted by atomic mass is 16.5. The molecule has 1 fully saturated rings. The highest BCUT2D eigenvalue weighted by Gasteiger charge is 2.31. The second-order valence-corrected chi connectivity index (χ2v) is 5.60. The van der Waals surface area contributed by atoms with E-state index < -0.39 is 0 Å². The molecule has 120 valence electrons. The molecule has 2 N–H and O–H groups in total. The third-order valence-electron chi connectivity index (χ3n) is 3.34.